The molecule has 0 atom stereocenters. The third-order valence-corrected chi connectivity index (χ3v) is 6.84. The van der Waals surface area contributed by atoms with Crippen LogP contribution in [0.4, 0.5) is 0 Å². The van der Waals surface area contributed by atoms with E-state index in [2.05, 4.69) is 75.2 Å². The number of benzene rings is 2. The van der Waals surface area contributed by atoms with Crippen LogP contribution in [0.1, 0.15) is 36.5 Å². The summed E-state index contributed by atoms with van der Waals surface area (Å²) in [6.45, 7) is 8.86. The highest BCUT2D eigenvalue weighted by Crippen LogP contribution is 2.26. The van der Waals surface area contributed by atoms with Crippen molar-refractivity contribution in [2.75, 3.05) is 18.8 Å². The second-order valence-corrected chi connectivity index (χ2v) is 9.17. The van der Waals surface area contributed by atoms with Crippen molar-refractivity contribution < 1.29 is 4.79 Å². The maximum atomic E-state index is 12.4. The van der Waals surface area contributed by atoms with E-state index in [0.29, 0.717) is 12.3 Å². The third kappa shape index (κ3) is 5.58. The molecule has 4 rings (SSSR count). The minimum Gasteiger partial charge on any atom is -0.351 e. The monoisotopic (exact) mass is 449 g/mol. The number of aryl methyl sites for hydroxylation is 1. The van der Waals surface area contributed by atoms with Crippen molar-refractivity contribution in [1.82, 2.24) is 25.0 Å². The minimum atomic E-state index is -0.000706. The van der Waals surface area contributed by atoms with Crippen LogP contribution in [-0.2, 0) is 24.4 Å². The molecule has 0 unspecified atom stereocenters. The molecule has 1 aliphatic rings. The van der Waals surface area contributed by atoms with Gasteiger partial charge in [-0.2, -0.15) is 0 Å². The zero-order chi connectivity index (χ0) is 22.3. The lowest BCUT2D eigenvalue weighted by Crippen LogP contribution is -2.24. The van der Waals surface area contributed by atoms with E-state index in [0.717, 1.165) is 40.8 Å². The number of hydrogen-bond donors (Lipinski definition) is 1. The van der Waals surface area contributed by atoms with E-state index < -0.39 is 0 Å². The molecule has 32 heavy (non-hydrogen) atoms. The highest BCUT2D eigenvalue weighted by Gasteiger charge is 2.16. The van der Waals surface area contributed by atoms with Gasteiger partial charge in [-0.1, -0.05) is 60.3 Å². The van der Waals surface area contributed by atoms with Crippen molar-refractivity contribution in [2.45, 2.75) is 51.5 Å². The Labute approximate surface area is 194 Å². The summed E-state index contributed by atoms with van der Waals surface area (Å²) in [5.41, 5.74) is 4.69. The van der Waals surface area contributed by atoms with Crippen molar-refractivity contribution in [3.63, 3.8) is 0 Å². The van der Waals surface area contributed by atoms with Crippen molar-refractivity contribution in [1.29, 1.82) is 0 Å². The Morgan fingerprint density at radius 3 is 2.47 bits per heavy atom. The lowest BCUT2D eigenvalue weighted by atomic mass is 10.1. The van der Waals surface area contributed by atoms with Gasteiger partial charge in [0.15, 0.2) is 11.0 Å². The average Bonchev–Trinajstić information content (AvgIpc) is 3.47. The maximum absolute atomic E-state index is 12.4. The van der Waals surface area contributed by atoms with Crippen molar-refractivity contribution >= 4 is 17.7 Å². The maximum Gasteiger partial charge on any atom is 0.230 e. The number of nitrogens with zero attached hydrogens (tertiary/aromatic N) is 4. The van der Waals surface area contributed by atoms with Crippen molar-refractivity contribution in [3.8, 4) is 11.4 Å². The number of nitrogens with one attached hydrogen (secondary N) is 1. The molecule has 1 saturated heterocycles. The van der Waals surface area contributed by atoms with Gasteiger partial charge >= 0.3 is 0 Å². The number of aromatic nitrogens is 3. The molecule has 1 N–H and O–H groups in total. The molecule has 0 aliphatic carbocycles. The summed E-state index contributed by atoms with van der Waals surface area (Å²) in [6.07, 6.45) is 2.62. The van der Waals surface area contributed by atoms with Crippen molar-refractivity contribution in [2.24, 2.45) is 0 Å². The number of thioether (sulfide) groups is 1. The molecule has 0 bridgehead atoms. The highest BCUT2D eigenvalue weighted by molar-refractivity contribution is 7.99. The summed E-state index contributed by atoms with van der Waals surface area (Å²) in [7, 11) is 0. The van der Waals surface area contributed by atoms with Gasteiger partial charge in [0.05, 0.1) is 5.75 Å². The Hall–Kier alpha value is -2.64. The van der Waals surface area contributed by atoms with E-state index >= 15 is 0 Å². The zero-order valence-electron chi connectivity index (χ0n) is 18.9. The Kier molecular flexibility index (Phi) is 7.60. The first-order valence-corrected chi connectivity index (χ1v) is 12.3. The Bertz CT molecular complexity index is 1040. The van der Waals surface area contributed by atoms with E-state index in [1.807, 2.05) is 12.1 Å². The summed E-state index contributed by atoms with van der Waals surface area (Å²) in [5, 5.41) is 12.5. The second-order valence-electron chi connectivity index (χ2n) is 8.23. The zero-order valence-corrected chi connectivity index (χ0v) is 19.7. The molecule has 2 aromatic carbocycles. The van der Waals surface area contributed by atoms with Gasteiger partial charge in [-0.3, -0.25) is 9.69 Å². The molecule has 6 nitrogen and oxygen atoms in total. The first-order valence-electron chi connectivity index (χ1n) is 11.3. The summed E-state index contributed by atoms with van der Waals surface area (Å²) in [5.74, 6) is 1.17. The molecule has 7 heteroatoms. The first-order chi connectivity index (χ1) is 15.6. The molecule has 1 fully saturated rings. The highest BCUT2D eigenvalue weighted by atomic mass is 32.2. The number of hydrogen-bond acceptors (Lipinski definition) is 5. The molecule has 1 amide bonds. The summed E-state index contributed by atoms with van der Waals surface area (Å²) < 4.78 is 2.07. The largest absolute Gasteiger partial charge is 0.351 e. The first kappa shape index (κ1) is 22.6. The molecule has 2 heterocycles. The molecule has 1 aliphatic heterocycles. The number of rotatable bonds is 9. The fourth-order valence-electron chi connectivity index (χ4n) is 4.05. The second kappa shape index (κ2) is 10.8. The molecule has 0 spiro atoms. The fraction of sp³-hybridized carbons (Fsp3) is 0.400. The molecule has 0 radical (unpaired) electrons. The molecular formula is C25H31N5OS. The van der Waals surface area contributed by atoms with Crippen LogP contribution in [-0.4, -0.2) is 44.4 Å². The number of likely N-dealkylation sites (tertiary alicyclic amines) is 1. The fourth-order valence-corrected chi connectivity index (χ4v) is 4.88. The standard InChI is InChI=1S/C25H31N5OS/c1-3-30-24(22-9-5-4-8-19(22)2)27-28-25(30)32-18-23(31)26-16-20-10-12-21(13-11-20)17-29-14-6-7-15-29/h4-5,8-13H,3,6-7,14-18H2,1-2H3,(H,26,31). The van der Waals surface area contributed by atoms with E-state index in [4.69, 9.17) is 0 Å². The van der Waals surface area contributed by atoms with E-state index in [9.17, 15) is 4.79 Å². The third-order valence-electron chi connectivity index (χ3n) is 5.87. The van der Waals surface area contributed by atoms with Gasteiger partial charge in [0, 0.05) is 25.2 Å². The lowest BCUT2D eigenvalue weighted by molar-refractivity contribution is -0.118. The molecule has 1 aromatic heterocycles. The van der Waals surface area contributed by atoms with Crippen molar-refractivity contribution in [3.05, 3.63) is 65.2 Å². The summed E-state index contributed by atoms with van der Waals surface area (Å²) in [6, 6.07) is 16.7. The van der Waals surface area contributed by atoms with Crippen LogP contribution in [0.2, 0.25) is 0 Å². The Morgan fingerprint density at radius 1 is 1.03 bits per heavy atom. The number of carbonyl (C=O) groups excluding carboxylic acids is 1. The van der Waals surface area contributed by atoms with Gasteiger partial charge in [-0.15, -0.1) is 10.2 Å². The van der Waals surface area contributed by atoms with Gasteiger partial charge in [-0.05, 0) is 56.5 Å². The summed E-state index contributed by atoms with van der Waals surface area (Å²) in [4.78, 5) is 14.9. The average molecular weight is 450 g/mol. The van der Waals surface area contributed by atoms with Crippen LogP contribution >= 0.6 is 11.8 Å². The molecular weight excluding hydrogens is 418 g/mol. The van der Waals surface area contributed by atoms with Crippen LogP contribution in [0.25, 0.3) is 11.4 Å². The van der Waals surface area contributed by atoms with E-state index in [1.165, 1.54) is 43.3 Å². The SMILES string of the molecule is CCn1c(SCC(=O)NCc2ccc(CN3CCCC3)cc2)nnc1-c1ccccc1C. The van der Waals surface area contributed by atoms with Gasteiger partial charge in [0.2, 0.25) is 5.91 Å². The van der Waals surface area contributed by atoms with Crippen LogP contribution in [0.3, 0.4) is 0 Å². The van der Waals surface area contributed by atoms with Gasteiger partial charge in [-0.25, -0.2) is 0 Å². The Morgan fingerprint density at radius 2 is 1.75 bits per heavy atom. The summed E-state index contributed by atoms with van der Waals surface area (Å²) >= 11 is 1.43. The normalized spacial score (nSPS) is 14.1. The van der Waals surface area contributed by atoms with Crippen LogP contribution in [0.5, 0.6) is 0 Å². The lowest BCUT2D eigenvalue weighted by Gasteiger charge is -2.14. The topological polar surface area (TPSA) is 63.1 Å². The molecule has 0 saturated carbocycles. The predicted octanol–water partition coefficient (Wildman–Crippen LogP) is 4.28. The van der Waals surface area contributed by atoms with Gasteiger partial charge < -0.3 is 9.88 Å². The van der Waals surface area contributed by atoms with E-state index in [-0.39, 0.29) is 5.91 Å². The Balaban J connectivity index is 1.28. The quantitative estimate of drug-likeness (QED) is 0.494. The van der Waals surface area contributed by atoms with Gasteiger partial charge in [0.1, 0.15) is 0 Å². The van der Waals surface area contributed by atoms with Crippen LogP contribution in [0.15, 0.2) is 53.7 Å². The van der Waals surface area contributed by atoms with Crippen LogP contribution < -0.4 is 5.32 Å². The smallest absolute Gasteiger partial charge is 0.230 e. The number of carbonyl (C=O) groups is 1. The number of amides is 1. The molecule has 3 aromatic rings. The van der Waals surface area contributed by atoms with E-state index in [1.54, 1.807) is 0 Å². The van der Waals surface area contributed by atoms with Crippen LogP contribution in [0, 0.1) is 6.92 Å². The van der Waals surface area contributed by atoms with Gasteiger partial charge in [0.25, 0.3) is 0 Å². The minimum absolute atomic E-state index is 0.000706. The predicted molar refractivity (Wildman–Crippen MR) is 129 cm³/mol. The molecule has 168 valence electrons.